The molecule has 5 nitrogen and oxygen atoms in total. The van der Waals surface area contributed by atoms with Crippen LogP contribution in [0.25, 0.3) is 0 Å². The third-order valence-electron chi connectivity index (χ3n) is 2.46. The van der Waals surface area contributed by atoms with Gasteiger partial charge in [-0.25, -0.2) is 4.79 Å². The third-order valence-corrected chi connectivity index (χ3v) is 2.46. The quantitative estimate of drug-likeness (QED) is 0.703. The van der Waals surface area contributed by atoms with E-state index in [1.807, 2.05) is 0 Å². The molecular formula is C12H16N2O3. The van der Waals surface area contributed by atoms with E-state index in [2.05, 4.69) is 5.32 Å². The maximum absolute atomic E-state index is 11.7. The van der Waals surface area contributed by atoms with Crippen molar-refractivity contribution in [1.82, 2.24) is 5.32 Å². The van der Waals surface area contributed by atoms with Gasteiger partial charge in [-0.1, -0.05) is 19.1 Å². The molecule has 0 aliphatic heterocycles. The van der Waals surface area contributed by atoms with Crippen molar-refractivity contribution in [2.75, 3.05) is 0 Å². The van der Waals surface area contributed by atoms with Crippen molar-refractivity contribution in [3.63, 3.8) is 0 Å². The minimum absolute atomic E-state index is 0.349. The SMILES string of the molecule is CC[C@H](NC(=O)c1ccc(CN)cc1)C(=O)O. The molecule has 1 amide bonds. The monoisotopic (exact) mass is 236 g/mol. The Kier molecular flexibility index (Phi) is 4.66. The summed E-state index contributed by atoms with van der Waals surface area (Å²) in [4.78, 5) is 22.5. The van der Waals surface area contributed by atoms with E-state index in [-0.39, 0.29) is 5.91 Å². The minimum Gasteiger partial charge on any atom is -0.480 e. The van der Waals surface area contributed by atoms with Gasteiger partial charge in [-0.15, -0.1) is 0 Å². The number of carbonyl (C=O) groups excluding carboxylic acids is 1. The van der Waals surface area contributed by atoms with Gasteiger partial charge >= 0.3 is 5.97 Å². The van der Waals surface area contributed by atoms with Crippen LogP contribution in [0.15, 0.2) is 24.3 Å². The van der Waals surface area contributed by atoms with Gasteiger partial charge in [0.25, 0.3) is 5.91 Å². The fourth-order valence-corrected chi connectivity index (χ4v) is 1.37. The second-order valence-corrected chi connectivity index (χ2v) is 3.67. The number of nitrogens with two attached hydrogens (primary N) is 1. The van der Waals surface area contributed by atoms with Crippen molar-refractivity contribution in [2.24, 2.45) is 5.73 Å². The molecule has 0 aliphatic carbocycles. The predicted molar refractivity (Wildman–Crippen MR) is 63.5 cm³/mol. The van der Waals surface area contributed by atoms with Crippen LogP contribution in [0.3, 0.4) is 0 Å². The van der Waals surface area contributed by atoms with Crippen LogP contribution in [0.1, 0.15) is 29.3 Å². The minimum atomic E-state index is -1.03. The number of hydrogen-bond acceptors (Lipinski definition) is 3. The highest BCUT2D eigenvalue weighted by atomic mass is 16.4. The summed E-state index contributed by atoms with van der Waals surface area (Å²) in [5, 5.41) is 11.3. The Hall–Kier alpha value is -1.88. The van der Waals surface area contributed by atoms with Gasteiger partial charge < -0.3 is 16.2 Å². The molecule has 1 atom stereocenters. The largest absolute Gasteiger partial charge is 0.480 e. The molecule has 0 saturated carbocycles. The Morgan fingerprint density at radius 3 is 2.35 bits per heavy atom. The van der Waals surface area contributed by atoms with Crippen LogP contribution < -0.4 is 11.1 Å². The van der Waals surface area contributed by atoms with E-state index in [9.17, 15) is 9.59 Å². The summed E-state index contributed by atoms with van der Waals surface area (Å²) >= 11 is 0. The second kappa shape index (κ2) is 6.00. The molecule has 0 spiro atoms. The highest BCUT2D eigenvalue weighted by molar-refractivity contribution is 5.96. The zero-order valence-corrected chi connectivity index (χ0v) is 9.64. The first-order chi connectivity index (χ1) is 8.08. The van der Waals surface area contributed by atoms with E-state index in [4.69, 9.17) is 10.8 Å². The topological polar surface area (TPSA) is 92.4 Å². The number of nitrogens with one attached hydrogen (secondary N) is 1. The molecule has 5 heteroatoms. The fourth-order valence-electron chi connectivity index (χ4n) is 1.37. The molecule has 0 heterocycles. The van der Waals surface area contributed by atoms with Crippen LogP contribution in [0.2, 0.25) is 0 Å². The van der Waals surface area contributed by atoms with Crippen molar-refractivity contribution in [1.29, 1.82) is 0 Å². The maximum Gasteiger partial charge on any atom is 0.326 e. The Morgan fingerprint density at radius 2 is 1.94 bits per heavy atom. The molecule has 0 aliphatic rings. The Bertz CT molecular complexity index is 401. The average Bonchev–Trinajstić information content (AvgIpc) is 2.35. The lowest BCUT2D eigenvalue weighted by Gasteiger charge is -2.12. The number of aliphatic carboxylic acids is 1. The normalized spacial score (nSPS) is 11.9. The number of amides is 1. The highest BCUT2D eigenvalue weighted by Gasteiger charge is 2.18. The molecule has 1 aromatic rings. The lowest BCUT2D eigenvalue weighted by atomic mass is 10.1. The van der Waals surface area contributed by atoms with Crippen LogP contribution >= 0.6 is 0 Å². The molecule has 0 unspecified atom stereocenters. The number of benzene rings is 1. The average molecular weight is 236 g/mol. The molecular weight excluding hydrogens is 220 g/mol. The first-order valence-electron chi connectivity index (χ1n) is 5.41. The number of rotatable bonds is 5. The highest BCUT2D eigenvalue weighted by Crippen LogP contribution is 2.04. The van der Waals surface area contributed by atoms with E-state index >= 15 is 0 Å². The van der Waals surface area contributed by atoms with E-state index in [0.717, 1.165) is 5.56 Å². The van der Waals surface area contributed by atoms with Gasteiger partial charge in [0.15, 0.2) is 0 Å². The Labute approximate surface area is 99.6 Å². The zero-order valence-electron chi connectivity index (χ0n) is 9.64. The molecule has 0 radical (unpaired) electrons. The maximum atomic E-state index is 11.7. The van der Waals surface area contributed by atoms with Gasteiger partial charge in [0.1, 0.15) is 6.04 Å². The molecule has 0 bridgehead atoms. The fraction of sp³-hybridized carbons (Fsp3) is 0.333. The lowest BCUT2D eigenvalue weighted by Crippen LogP contribution is -2.40. The molecule has 0 aromatic heterocycles. The van der Waals surface area contributed by atoms with Crippen LogP contribution in [0.4, 0.5) is 0 Å². The molecule has 4 N–H and O–H groups in total. The van der Waals surface area contributed by atoms with Gasteiger partial charge in [-0.05, 0) is 24.1 Å². The number of hydrogen-bond donors (Lipinski definition) is 3. The van der Waals surface area contributed by atoms with E-state index < -0.39 is 12.0 Å². The molecule has 0 fully saturated rings. The number of carboxylic acid groups (broad SMARTS) is 1. The van der Waals surface area contributed by atoms with Gasteiger partial charge in [0, 0.05) is 12.1 Å². The number of carboxylic acids is 1. The zero-order chi connectivity index (χ0) is 12.8. The summed E-state index contributed by atoms with van der Waals surface area (Å²) in [5.74, 6) is -1.41. The van der Waals surface area contributed by atoms with E-state index in [0.29, 0.717) is 18.5 Å². The van der Waals surface area contributed by atoms with E-state index in [1.54, 1.807) is 31.2 Å². The predicted octanol–water partition coefficient (Wildman–Crippen LogP) is 0.738. The summed E-state index contributed by atoms with van der Waals surface area (Å²) in [5.41, 5.74) is 6.80. The molecule has 1 rings (SSSR count). The Morgan fingerprint density at radius 1 is 1.35 bits per heavy atom. The lowest BCUT2D eigenvalue weighted by molar-refractivity contribution is -0.139. The van der Waals surface area contributed by atoms with Crippen molar-refractivity contribution in [2.45, 2.75) is 25.9 Å². The van der Waals surface area contributed by atoms with Crippen molar-refractivity contribution in [3.05, 3.63) is 35.4 Å². The molecule has 92 valence electrons. The first-order valence-corrected chi connectivity index (χ1v) is 5.41. The number of carbonyl (C=O) groups is 2. The van der Waals surface area contributed by atoms with Crippen molar-refractivity contribution >= 4 is 11.9 Å². The Balaban J connectivity index is 2.72. The van der Waals surface area contributed by atoms with Gasteiger partial charge in [0.2, 0.25) is 0 Å². The van der Waals surface area contributed by atoms with Crippen LogP contribution in [0, 0.1) is 0 Å². The van der Waals surface area contributed by atoms with Gasteiger partial charge in [0.05, 0.1) is 0 Å². The van der Waals surface area contributed by atoms with Crippen molar-refractivity contribution < 1.29 is 14.7 Å². The summed E-state index contributed by atoms with van der Waals surface area (Å²) in [7, 11) is 0. The summed E-state index contributed by atoms with van der Waals surface area (Å²) in [6.45, 7) is 2.12. The summed E-state index contributed by atoms with van der Waals surface area (Å²) in [6, 6.07) is 5.91. The van der Waals surface area contributed by atoms with Crippen LogP contribution in [-0.4, -0.2) is 23.0 Å². The second-order valence-electron chi connectivity index (χ2n) is 3.67. The summed E-state index contributed by atoms with van der Waals surface area (Å²) < 4.78 is 0. The van der Waals surface area contributed by atoms with Gasteiger partial charge in [-0.3, -0.25) is 4.79 Å². The van der Waals surface area contributed by atoms with E-state index in [1.165, 1.54) is 0 Å². The van der Waals surface area contributed by atoms with Crippen molar-refractivity contribution in [3.8, 4) is 0 Å². The van der Waals surface area contributed by atoms with Gasteiger partial charge in [-0.2, -0.15) is 0 Å². The first kappa shape index (κ1) is 13.2. The molecule has 1 aromatic carbocycles. The van der Waals surface area contributed by atoms with Crippen LogP contribution in [0.5, 0.6) is 0 Å². The summed E-state index contributed by atoms with van der Waals surface area (Å²) in [6.07, 6.45) is 0.349. The van der Waals surface area contributed by atoms with Crippen LogP contribution in [-0.2, 0) is 11.3 Å². The molecule has 0 saturated heterocycles. The molecule has 17 heavy (non-hydrogen) atoms. The smallest absolute Gasteiger partial charge is 0.326 e. The standard InChI is InChI=1S/C12H16N2O3/c1-2-10(12(16)17)14-11(15)9-5-3-8(7-13)4-6-9/h3-6,10H,2,7,13H2,1H3,(H,14,15)(H,16,17)/t10-/m0/s1. The third kappa shape index (κ3) is 3.57.